The molecule has 24 heavy (non-hydrogen) atoms. The van der Waals surface area contributed by atoms with E-state index in [4.69, 9.17) is 14.2 Å². The van der Waals surface area contributed by atoms with E-state index >= 15 is 0 Å². The SMILES string of the molecule is COC1(COc2ccc(F)cc2)CCN(CC2(O)CCOCC2)C1. The number of nitrogens with zero attached hydrogens (tertiary/aromatic N) is 1. The maximum Gasteiger partial charge on any atom is 0.123 e. The van der Waals surface area contributed by atoms with Crippen molar-refractivity contribution in [2.75, 3.05) is 46.6 Å². The average Bonchev–Trinajstić information content (AvgIpc) is 2.98. The van der Waals surface area contributed by atoms with Crippen molar-refractivity contribution in [1.82, 2.24) is 4.90 Å². The van der Waals surface area contributed by atoms with Gasteiger partial charge < -0.3 is 19.3 Å². The number of rotatable bonds is 6. The summed E-state index contributed by atoms with van der Waals surface area (Å²) in [6.07, 6.45) is 2.20. The molecule has 1 aromatic rings. The van der Waals surface area contributed by atoms with Gasteiger partial charge in [-0.1, -0.05) is 0 Å². The largest absolute Gasteiger partial charge is 0.491 e. The fourth-order valence-corrected chi connectivity index (χ4v) is 3.48. The van der Waals surface area contributed by atoms with Crippen LogP contribution in [0.5, 0.6) is 5.75 Å². The monoisotopic (exact) mass is 339 g/mol. The predicted octanol–water partition coefficient (Wildman–Crippen LogP) is 1.84. The van der Waals surface area contributed by atoms with E-state index in [9.17, 15) is 9.50 Å². The second-order valence-electron chi connectivity index (χ2n) is 6.93. The van der Waals surface area contributed by atoms with Gasteiger partial charge in [-0.2, -0.15) is 0 Å². The van der Waals surface area contributed by atoms with E-state index in [-0.39, 0.29) is 5.82 Å². The Hall–Kier alpha value is -1.21. The average molecular weight is 339 g/mol. The Kier molecular flexibility index (Phi) is 5.39. The molecule has 2 saturated heterocycles. The zero-order valence-electron chi connectivity index (χ0n) is 14.2. The standard InChI is InChI=1S/C18H26FNO4/c1-22-18(14-24-16-4-2-15(19)3-5-16)6-9-20(13-18)12-17(21)7-10-23-11-8-17/h2-5,21H,6-14H2,1H3. The van der Waals surface area contributed by atoms with Gasteiger partial charge >= 0.3 is 0 Å². The molecule has 1 atom stereocenters. The third-order valence-electron chi connectivity index (χ3n) is 5.09. The highest BCUT2D eigenvalue weighted by Crippen LogP contribution is 2.30. The first-order valence-electron chi connectivity index (χ1n) is 8.49. The molecule has 0 bridgehead atoms. The van der Waals surface area contributed by atoms with Gasteiger partial charge in [-0.25, -0.2) is 4.39 Å². The molecule has 0 radical (unpaired) electrons. The summed E-state index contributed by atoms with van der Waals surface area (Å²) >= 11 is 0. The Labute approximate surface area is 142 Å². The molecule has 2 fully saturated rings. The summed E-state index contributed by atoms with van der Waals surface area (Å²) < 4.78 is 29.8. The first-order chi connectivity index (χ1) is 11.5. The molecule has 6 heteroatoms. The fraction of sp³-hybridized carbons (Fsp3) is 0.667. The van der Waals surface area contributed by atoms with Crippen molar-refractivity contribution in [2.45, 2.75) is 30.5 Å². The van der Waals surface area contributed by atoms with Crippen LogP contribution in [0.25, 0.3) is 0 Å². The van der Waals surface area contributed by atoms with Crippen LogP contribution in [0.1, 0.15) is 19.3 Å². The molecule has 0 aromatic heterocycles. The second-order valence-corrected chi connectivity index (χ2v) is 6.93. The van der Waals surface area contributed by atoms with E-state index in [0.717, 1.165) is 13.0 Å². The number of halogens is 1. The number of hydrogen-bond acceptors (Lipinski definition) is 5. The number of ether oxygens (including phenoxy) is 3. The molecule has 0 aliphatic carbocycles. The van der Waals surface area contributed by atoms with Gasteiger partial charge in [0, 0.05) is 52.8 Å². The van der Waals surface area contributed by atoms with Gasteiger partial charge in [-0.15, -0.1) is 0 Å². The number of aliphatic hydroxyl groups is 1. The number of methoxy groups -OCH3 is 1. The first-order valence-corrected chi connectivity index (χ1v) is 8.49. The van der Waals surface area contributed by atoms with E-state index in [0.29, 0.717) is 51.5 Å². The van der Waals surface area contributed by atoms with Gasteiger partial charge in [0.05, 0.1) is 5.60 Å². The van der Waals surface area contributed by atoms with Gasteiger partial charge in [0.25, 0.3) is 0 Å². The minimum absolute atomic E-state index is 0.277. The molecule has 134 valence electrons. The molecule has 0 amide bonds. The molecular formula is C18H26FNO4. The number of benzene rings is 1. The van der Waals surface area contributed by atoms with Gasteiger partial charge in [0.15, 0.2) is 0 Å². The summed E-state index contributed by atoms with van der Waals surface area (Å²) in [6, 6.07) is 6.01. The maximum atomic E-state index is 13.0. The molecular weight excluding hydrogens is 313 g/mol. The minimum atomic E-state index is -0.667. The van der Waals surface area contributed by atoms with Crippen molar-refractivity contribution >= 4 is 0 Å². The summed E-state index contributed by atoms with van der Waals surface area (Å²) in [6.45, 7) is 3.86. The molecule has 1 N–H and O–H groups in total. The normalized spacial score (nSPS) is 27.3. The molecule has 0 spiro atoms. The lowest BCUT2D eigenvalue weighted by Crippen LogP contribution is -2.48. The van der Waals surface area contributed by atoms with Crippen LogP contribution in [0.3, 0.4) is 0 Å². The van der Waals surface area contributed by atoms with E-state index in [2.05, 4.69) is 4.90 Å². The summed E-state index contributed by atoms with van der Waals surface area (Å²) in [5.74, 6) is 0.356. The molecule has 1 aromatic carbocycles. The van der Waals surface area contributed by atoms with Crippen LogP contribution in [-0.4, -0.2) is 67.8 Å². The lowest BCUT2D eigenvalue weighted by Gasteiger charge is -2.36. The van der Waals surface area contributed by atoms with Crippen molar-refractivity contribution in [3.63, 3.8) is 0 Å². The third-order valence-corrected chi connectivity index (χ3v) is 5.09. The van der Waals surface area contributed by atoms with Crippen molar-refractivity contribution in [3.05, 3.63) is 30.1 Å². The van der Waals surface area contributed by atoms with E-state index in [1.165, 1.54) is 12.1 Å². The minimum Gasteiger partial charge on any atom is -0.491 e. The summed E-state index contributed by atoms with van der Waals surface area (Å²) in [4.78, 5) is 2.24. The first kappa shape index (κ1) is 17.6. The maximum absolute atomic E-state index is 13.0. The highest BCUT2D eigenvalue weighted by Gasteiger charge is 2.42. The van der Waals surface area contributed by atoms with Gasteiger partial charge in [0.2, 0.25) is 0 Å². The predicted molar refractivity (Wildman–Crippen MR) is 87.7 cm³/mol. The molecule has 5 nitrogen and oxygen atoms in total. The van der Waals surface area contributed by atoms with Crippen LogP contribution >= 0.6 is 0 Å². The van der Waals surface area contributed by atoms with Crippen LogP contribution < -0.4 is 4.74 Å². The third kappa shape index (κ3) is 4.25. The van der Waals surface area contributed by atoms with Crippen LogP contribution in [0, 0.1) is 5.82 Å². The molecule has 2 aliphatic heterocycles. The summed E-state index contributed by atoms with van der Waals surface area (Å²) in [5.41, 5.74) is -1.06. The number of likely N-dealkylation sites (tertiary alicyclic amines) is 1. The Morgan fingerprint density at radius 2 is 1.92 bits per heavy atom. The van der Waals surface area contributed by atoms with Crippen LogP contribution in [0.4, 0.5) is 4.39 Å². The summed E-state index contributed by atoms with van der Waals surface area (Å²) in [7, 11) is 1.70. The molecule has 2 aliphatic rings. The Balaban J connectivity index is 1.55. The smallest absolute Gasteiger partial charge is 0.123 e. The summed E-state index contributed by atoms with van der Waals surface area (Å²) in [5, 5.41) is 10.7. The van der Waals surface area contributed by atoms with Gasteiger partial charge in [-0.05, 0) is 30.7 Å². The van der Waals surface area contributed by atoms with Crippen molar-refractivity contribution in [1.29, 1.82) is 0 Å². The highest BCUT2D eigenvalue weighted by molar-refractivity contribution is 5.22. The quantitative estimate of drug-likeness (QED) is 0.857. The Bertz CT molecular complexity index is 532. The lowest BCUT2D eigenvalue weighted by atomic mass is 9.94. The molecule has 1 unspecified atom stereocenters. The molecule has 2 heterocycles. The van der Waals surface area contributed by atoms with Gasteiger partial charge in [0.1, 0.15) is 23.8 Å². The molecule has 3 rings (SSSR count). The van der Waals surface area contributed by atoms with Gasteiger partial charge in [-0.3, -0.25) is 4.90 Å². The van der Waals surface area contributed by atoms with Crippen molar-refractivity contribution < 1.29 is 23.7 Å². The number of hydrogen-bond donors (Lipinski definition) is 1. The molecule has 0 saturated carbocycles. The van der Waals surface area contributed by atoms with Crippen molar-refractivity contribution in [2.24, 2.45) is 0 Å². The Morgan fingerprint density at radius 1 is 1.21 bits per heavy atom. The fourth-order valence-electron chi connectivity index (χ4n) is 3.48. The van der Waals surface area contributed by atoms with Crippen LogP contribution in [0.2, 0.25) is 0 Å². The van der Waals surface area contributed by atoms with Crippen LogP contribution in [-0.2, 0) is 9.47 Å². The zero-order valence-corrected chi connectivity index (χ0v) is 14.2. The second kappa shape index (κ2) is 7.35. The van der Waals surface area contributed by atoms with Crippen molar-refractivity contribution in [3.8, 4) is 5.75 Å². The Morgan fingerprint density at radius 3 is 2.58 bits per heavy atom. The zero-order chi connectivity index (χ0) is 17.0. The van der Waals surface area contributed by atoms with E-state index < -0.39 is 11.2 Å². The van der Waals surface area contributed by atoms with E-state index in [1.54, 1.807) is 19.2 Å². The highest BCUT2D eigenvalue weighted by atomic mass is 19.1. The van der Waals surface area contributed by atoms with Crippen LogP contribution in [0.15, 0.2) is 24.3 Å². The topological polar surface area (TPSA) is 51.2 Å². The van der Waals surface area contributed by atoms with E-state index in [1.807, 2.05) is 0 Å². The lowest BCUT2D eigenvalue weighted by molar-refractivity contribution is -0.0837. The number of β-amino-alcohol motifs (C(OH)–C–C–N with tert-alkyl or cyclic N) is 1.